The van der Waals surface area contributed by atoms with E-state index in [0.29, 0.717) is 5.75 Å². The highest BCUT2D eigenvalue weighted by Crippen LogP contribution is 2.20. The second-order valence-electron chi connectivity index (χ2n) is 6.51. The lowest BCUT2D eigenvalue weighted by Gasteiger charge is -2.21. The molecule has 2 aromatic rings. The average molecular weight is 436 g/mol. The Balaban J connectivity index is 2.18. The summed E-state index contributed by atoms with van der Waals surface area (Å²) in [6, 6.07) is 14.5. The zero-order chi connectivity index (χ0) is 19.2. The summed E-state index contributed by atoms with van der Waals surface area (Å²) in [5.41, 5.74) is 0.914. The Labute approximate surface area is 166 Å². The topological polar surface area (TPSA) is 47.6 Å². The molecule has 0 aromatic heterocycles. The SMILES string of the molecule is COc1ccc(OC#CC(NS(=O)C(C)(C)C)c2ccc(Br)cc2)cc1. The predicted molar refractivity (Wildman–Crippen MR) is 109 cm³/mol. The number of hydrogen-bond donors (Lipinski definition) is 1. The van der Waals surface area contributed by atoms with E-state index in [1.807, 2.05) is 45.0 Å². The van der Waals surface area contributed by atoms with Gasteiger partial charge in [0, 0.05) is 4.47 Å². The van der Waals surface area contributed by atoms with E-state index in [9.17, 15) is 4.21 Å². The van der Waals surface area contributed by atoms with Gasteiger partial charge in [0.2, 0.25) is 0 Å². The number of ether oxygens (including phenoxy) is 2. The maximum absolute atomic E-state index is 12.5. The fourth-order valence-corrected chi connectivity index (χ4v) is 2.94. The number of rotatable bonds is 5. The molecule has 0 spiro atoms. The van der Waals surface area contributed by atoms with E-state index in [-0.39, 0.29) is 0 Å². The van der Waals surface area contributed by atoms with E-state index >= 15 is 0 Å². The first kappa shape index (κ1) is 20.5. The zero-order valence-corrected chi connectivity index (χ0v) is 17.6. The zero-order valence-electron chi connectivity index (χ0n) is 15.2. The summed E-state index contributed by atoms with van der Waals surface area (Å²) in [5.74, 6) is 4.38. The Kier molecular flexibility index (Phi) is 7.27. The van der Waals surface area contributed by atoms with Crippen molar-refractivity contribution in [2.45, 2.75) is 31.6 Å². The monoisotopic (exact) mass is 435 g/mol. The van der Waals surface area contributed by atoms with E-state index in [2.05, 4.69) is 32.7 Å². The van der Waals surface area contributed by atoms with Crippen molar-refractivity contribution in [3.05, 3.63) is 58.6 Å². The van der Waals surface area contributed by atoms with Gasteiger partial charge >= 0.3 is 0 Å². The first-order valence-corrected chi connectivity index (χ1v) is 9.99. The molecule has 26 heavy (non-hydrogen) atoms. The molecule has 2 rings (SSSR count). The molecule has 0 saturated carbocycles. The molecule has 2 aromatic carbocycles. The van der Waals surface area contributed by atoms with Gasteiger partial charge in [-0.15, -0.1) is 0 Å². The van der Waals surface area contributed by atoms with Crippen LogP contribution in [0.25, 0.3) is 0 Å². The van der Waals surface area contributed by atoms with Crippen molar-refractivity contribution in [2.75, 3.05) is 7.11 Å². The maximum atomic E-state index is 12.5. The fraction of sp³-hybridized carbons (Fsp3) is 0.300. The molecule has 0 aliphatic rings. The summed E-state index contributed by atoms with van der Waals surface area (Å²) < 4.78 is 26.7. The van der Waals surface area contributed by atoms with Gasteiger partial charge in [-0.1, -0.05) is 28.1 Å². The molecule has 0 aliphatic carbocycles. The Hall–Kier alpha value is -1.81. The summed E-state index contributed by atoms with van der Waals surface area (Å²) in [6.07, 6.45) is 2.71. The minimum atomic E-state index is -1.26. The van der Waals surface area contributed by atoms with Gasteiger partial charge in [0.05, 0.1) is 22.8 Å². The Morgan fingerprint density at radius 3 is 2.15 bits per heavy atom. The van der Waals surface area contributed by atoms with Crippen LogP contribution in [0, 0.1) is 12.0 Å². The predicted octanol–water partition coefficient (Wildman–Crippen LogP) is 4.59. The Bertz CT molecular complexity index is 802. The molecular weight excluding hydrogens is 414 g/mol. The third-order valence-electron chi connectivity index (χ3n) is 3.42. The number of hydrogen-bond acceptors (Lipinski definition) is 3. The van der Waals surface area contributed by atoms with E-state index in [0.717, 1.165) is 15.8 Å². The van der Waals surface area contributed by atoms with Crippen LogP contribution in [0.15, 0.2) is 53.0 Å². The van der Waals surface area contributed by atoms with Crippen LogP contribution >= 0.6 is 15.9 Å². The van der Waals surface area contributed by atoms with Crippen molar-refractivity contribution >= 4 is 26.9 Å². The normalized spacial score (nSPS) is 13.3. The molecule has 0 saturated heterocycles. The van der Waals surface area contributed by atoms with Gasteiger partial charge in [-0.3, -0.25) is 0 Å². The van der Waals surface area contributed by atoms with Crippen LogP contribution in [-0.4, -0.2) is 16.1 Å². The molecule has 0 heterocycles. The molecule has 0 amide bonds. The van der Waals surface area contributed by atoms with Gasteiger partial charge in [-0.2, -0.15) is 0 Å². The number of benzene rings is 2. The van der Waals surface area contributed by atoms with Crippen molar-refractivity contribution in [1.29, 1.82) is 0 Å². The van der Waals surface area contributed by atoms with Crippen LogP contribution in [0.1, 0.15) is 32.4 Å². The van der Waals surface area contributed by atoms with Crippen LogP contribution < -0.4 is 14.2 Å². The maximum Gasteiger partial charge on any atom is 0.140 e. The van der Waals surface area contributed by atoms with Crippen molar-refractivity contribution < 1.29 is 13.7 Å². The molecule has 0 bridgehead atoms. The molecule has 2 atom stereocenters. The molecular formula is C20H22BrNO3S. The summed E-state index contributed by atoms with van der Waals surface area (Å²) >= 11 is 3.42. The minimum Gasteiger partial charge on any atom is -0.497 e. The molecule has 0 radical (unpaired) electrons. The van der Waals surface area contributed by atoms with Gasteiger partial charge in [-0.25, -0.2) is 8.93 Å². The lowest BCUT2D eigenvalue weighted by atomic mass is 10.1. The fourth-order valence-electron chi connectivity index (χ4n) is 1.91. The minimum absolute atomic E-state index is 0.397. The lowest BCUT2D eigenvalue weighted by Crippen LogP contribution is -2.35. The van der Waals surface area contributed by atoms with Crippen molar-refractivity contribution in [1.82, 2.24) is 4.72 Å². The summed E-state index contributed by atoms with van der Waals surface area (Å²) in [5, 5.41) is 0. The van der Waals surface area contributed by atoms with E-state index in [1.165, 1.54) is 0 Å². The highest BCUT2D eigenvalue weighted by Gasteiger charge is 2.23. The Morgan fingerprint density at radius 2 is 1.62 bits per heavy atom. The molecule has 6 heteroatoms. The van der Waals surface area contributed by atoms with Gasteiger partial charge in [-0.05, 0) is 68.7 Å². The van der Waals surface area contributed by atoms with Crippen LogP contribution in [0.3, 0.4) is 0 Å². The van der Waals surface area contributed by atoms with Gasteiger partial charge in [0.15, 0.2) is 0 Å². The average Bonchev–Trinajstić information content (AvgIpc) is 2.61. The van der Waals surface area contributed by atoms with E-state index in [4.69, 9.17) is 9.47 Å². The van der Waals surface area contributed by atoms with Crippen molar-refractivity contribution in [3.63, 3.8) is 0 Å². The highest BCUT2D eigenvalue weighted by molar-refractivity contribution is 9.10. The first-order valence-electron chi connectivity index (χ1n) is 8.04. The highest BCUT2D eigenvalue weighted by atomic mass is 79.9. The second-order valence-corrected chi connectivity index (χ2v) is 9.42. The quantitative estimate of drug-likeness (QED) is 0.698. The molecule has 2 unspecified atom stereocenters. The number of methoxy groups -OCH3 is 1. The van der Waals surface area contributed by atoms with Gasteiger partial charge in [0.25, 0.3) is 0 Å². The largest absolute Gasteiger partial charge is 0.497 e. The summed E-state index contributed by atoms with van der Waals surface area (Å²) in [6.45, 7) is 5.74. The molecule has 0 aliphatic heterocycles. The summed E-state index contributed by atoms with van der Waals surface area (Å²) in [4.78, 5) is 0. The van der Waals surface area contributed by atoms with Crippen molar-refractivity contribution in [3.8, 4) is 23.5 Å². The number of halogens is 1. The molecule has 138 valence electrons. The third-order valence-corrected chi connectivity index (χ3v) is 5.51. The van der Waals surface area contributed by atoms with Gasteiger partial charge in [0.1, 0.15) is 23.6 Å². The van der Waals surface area contributed by atoms with E-state index in [1.54, 1.807) is 31.4 Å². The lowest BCUT2D eigenvalue weighted by molar-refractivity contribution is 0.413. The Morgan fingerprint density at radius 1 is 1.04 bits per heavy atom. The van der Waals surface area contributed by atoms with Crippen LogP contribution in [-0.2, 0) is 11.0 Å². The van der Waals surface area contributed by atoms with Gasteiger partial charge < -0.3 is 9.47 Å². The van der Waals surface area contributed by atoms with E-state index < -0.39 is 21.8 Å². The smallest absolute Gasteiger partial charge is 0.140 e. The first-order chi connectivity index (χ1) is 12.3. The third kappa shape index (κ3) is 6.17. The van der Waals surface area contributed by atoms with Crippen LogP contribution in [0.4, 0.5) is 0 Å². The van der Waals surface area contributed by atoms with Crippen LogP contribution in [0.5, 0.6) is 11.5 Å². The molecule has 0 fully saturated rings. The molecule has 4 nitrogen and oxygen atoms in total. The standard InChI is InChI=1S/C20H22BrNO3S/c1-20(2,3)26(23)22-19(15-5-7-16(21)8-6-15)13-14-25-18-11-9-17(24-4)10-12-18/h5-12,19,22H,1-4H3. The van der Waals surface area contributed by atoms with Crippen molar-refractivity contribution in [2.24, 2.45) is 0 Å². The number of nitrogens with one attached hydrogen (secondary N) is 1. The van der Waals surface area contributed by atoms with Crippen LogP contribution in [0.2, 0.25) is 0 Å². The second kappa shape index (κ2) is 9.22. The summed E-state index contributed by atoms with van der Waals surface area (Å²) in [7, 11) is 0.349. The molecule has 1 N–H and O–H groups in total.